The van der Waals surface area contributed by atoms with Gasteiger partial charge in [0, 0.05) is 5.69 Å². The fraction of sp³-hybridized carbons (Fsp3) is 0.222. The Bertz CT molecular complexity index is 810. The maximum atomic E-state index is 12.1. The zero-order chi connectivity index (χ0) is 19.1. The maximum absolute atomic E-state index is 12.1. The SMILES string of the molecule is CCOC(=O)c1ccc(OC)c(OCC(=O)Nc2ccc(Cl)c(Cl)c2)c1. The van der Waals surface area contributed by atoms with Gasteiger partial charge in [0.1, 0.15) is 0 Å². The van der Waals surface area contributed by atoms with Crippen molar-refractivity contribution in [3.05, 3.63) is 52.0 Å². The van der Waals surface area contributed by atoms with Crippen LogP contribution in [0.25, 0.3) is 0 Å². The Labute approximate surface area is 160 Å². The van der Waals surface area contributed by atoms with E-state index in [2.05, 4.69) is 5.32 Å². The molecule has 138 valence electrons. The lowest BCUT2D eigenvalue weighted by Gasteiger charge is -2.12. The number of hydrogen-bond donors (Lipinski definition) is 1. The number of esters is 1. The van der Waals surface area contributed by atoms with Gasteiger partial charge in [0.15, 0.2) is 18.1 Å². The highest BCUT2D eigenvalue weighted by molar-refractivity contribution is 6.42. The van der Waals surface area contributed by atoms with Crippen molar-refractivity contribution in [3.8, 4) is 11.5 Å². The zero-order valence-corrected chi connectivity index (χ0v) is 15.7. The maximum Gasteiger partial charge on any atom is 0.338 e. The second kappa shape index (κ2) is 9.31. The van der Waals surface area contributed by atoms with Crippen LogP contribution in [0.1, 0.15) is 17.3 Å². The number of carbonyl (C=O) groups excluding carboxylic acids is 2. The van der Waals surface area contributed by atoms with Crippen molar-refractivity contribution in [3.63, 3.8) is 0 Å². The van der Waals surface area contributed by atoms with E-state index in [-0.39, 0.29) is 19.0 Å². The molecule has 26 heavy (non-hydrogen) atoms. The van der Waals surface area contributed by atoms with E-state index in [9.17, 15) is 9.59 Å². The lowest BCUT2D eigenvalue weighted by Crippen LogP contribution is -2.20. The minimum absolute atomic E-state index is 0.252. The molecule has 0 saturated heterocycles. The van der Waals surface area contributed by atoms with Gasteiger partial charge in [0.25, 0.3) is 5.91 Å². The molecule has 0 radical (unpaired) electrons. The number of halogens is 2. The summed E-state index contributed by atoms with van der Waals surface area (Å²) in [6.07, 6.45) is 0. The van der Waals surface area contributed by atoms with Crippen molar-refractivity contribution in [2.75, 3.05) is 25.6 Å². The number of ether oxygens (including phenoxy) is 3. The molecule has 0 atom stereocenters. The molecule has 2 aromatic carbocycles. The molecule has 0 bridgehead atoms. The highest BCUT2D eigenvalue weighted by Crippen LogP contribution is 2.29. The van der Waals surface area contributed by atoms with Crippen LogP contribution in [0, 0.1) is 0 Å². The molecule has 2 aromatic rings. The van der Waals surface area contributed by atoms with E-state index in [1.54, 1.807) is 31.2 Å². The van der Waals surface area contributed by atoms with E-state index in [1.165, 1.54) is 19.2 Å². The number of rotatable bonds is 7. The number of hydrogen-bond acceptors (Lipinski definition) is 5. The van der Waals surface area contributed by atoms with Gasteiger partial charge < -0.3 is 19.5 Å². The first-order valence-electron chi connectivity index (χ1n) is 7.67. The van der Waals surface area contributed by atoms with Gasteiger partial charge in [-0.15, -0.1) is 0 Å². The highest BCUT2D eigenvalue weighted by atomic mass is 35.5. The molecule has 0 fully saturated rings. The predicted molar refractivity (Wildman–Crippen MR) is 99.5 cm³/mol. The van der Waals surface area contributed by atoms with E-state index in [0.717, 1.165) is 0 Å². The lowest BCUT2D eigenvalue weighted by atomic mass is 10.2. The van der Waals surface area contributed by atoms with Gasteiger partial charge in [-0.05, 0) is 43.3 Å². The molecule has 0 unspecified atom stereocenters. The number of nitrogens with one attached hydrogen (secondary N) is 1. The Hall–Kier alpha value is -2.44. The highest BCUT2D eigenvalue weighted by Gasteiger charge is 2.13. The average Bonchev–Trinajstić information content (AvgIpc) is 2.63. The molecular formula is C18H17Cl2NO5. The molecule has 0 aromatic heterocycles. The van der Waals surface area contributed by atoms with Crippen LogP contribution in [-0.4, -0.2) is 32.2 Å². The summed E-state index contributed by atoms with van der Waals surface area (Å²) < 4.78 is 15.6. The van der Waals surface area contributed by atoms with Gasteiger partial charge in [-0.2, -0.15) is 0 Å². The first-order chi connectivity index (χ1) is 12.4. The fourth-order valence-corrected chi connectivity index (χ4v) is 2.34. The summed E-state index contributed by atoms with van der Waals surface area (Å²) in [5.41, 5.74) is 0.785. The Morgan fingerprint density at radius 1 is 1.04 bits per heavy atom. The molecule has 0 aliphatic heterocycles. The van der Waals surface area contributed by atoms with Gasteiger partial charge in [-0.25, -0.2) is 4.79 Å². The standard InChI is InChI=1S/C18H17Cl2NO5/c1-3-25-18(23)11-4-7-15(24-2)16(8-11)26-10-17(22)21-12-5-6-13(19)14(20)9-12/h4-9H,3,10H2,1-2H3,(H,21,22). The molecule has 1 N–H and O–H groups in total. The topological polar surface area (TPSA) is 73.9 Å². The van der Waals surface area contributed by atoms with Crippen molar-refractivity contribution < 1.29 is 23.8 Å². The van der Waals surface area contributed by atoms with Gasteiger partial charge in [0.05, 0.1) is 29.3 Å². The van der Waals surface area contributed by atoms with Crippen molar-refractivity contribution >= 4 is 40.8 Å². The van der Waals surface area contributed by atoms with Crippen LogP contribution in [0.15, 0.2) is 36.4 Å². The Morgan fingerprint density at radius 3 is 2.46 bits per heavy atom. The lowest BCUT2D eigenvalue weighted by molar-refractivity contribution is -0.118. The van der Waals surface area contributed by atoms with Gasteiger partial charge in [0.2, 0.25) is 0 Å². The van der Waals surface area contributed by atoms with E-state index in [4.69, 9.17) is 37.4 Å². The van der Waals surface area contributed by atoms with Crippen LogP contribution in [0.2, 0.25) is 10.0 Å². The molecule has 1 amide bonds. The minimum atomic E-state index is -0.486. The van der Waals surface area contributed by atoms with Crippen LogP contribution in [0.3, 0.4) is 0 Å². The number of amides is 1. The van der Waals surface area contributed by atoms with Crippen molar-refractivity contribution in [1.29, 1.82) is 0 Å². The summed E-state index contributed by atoms with van der Waals surface area (Å²) in [5, 5.41) is 3.35. The Morgan fingerprint density at radius 2 is 1.81 bits per heavy atom. The molecule has 8 heteroatoms. The molecule has 2 rings (SSSR count). The molecule has 0 heterocycles. The Kier molecular flexibility index (Phi) is 7.12. The molecular weight excluding hydrogens is 381 g/mol. The van der Waals surface area contributed by atoms with Crippen LogP contribution in [-0.2, 0) is 9.53 Å². The smallest absolute Gasteiger partial charge is 0.338 e. The third-order valence-corrected chi connectivity index (χ3v) is 3.98. The first kappa shape index (κ1) is 19.9. The predicted octanol–water partition coefficient (Wildman–Crippen LogP) is 4.20. The van der Waals surface area contributed by atoms with E-state index >= 15 is 0 Å². The quantitative estimate of drug-likeness (QED) is 0.708. The fourth-order valence-electron chi connectivity index (χ4n) is 2.05. The zero-order valence-electron chi connectivity index (χ0n) is 14.2. The molecule has 0 aliphatic rings. The second-order valence-corrected chi connectivity index (χ2v) is 5.87. The second-order valence-electron chi connectivity index (χ2n) is 5.05. The third-order valence-electron chi connectivity index (χ3n) is 3.24. The van der Waals surface area contributed by atoms with E-state index in [0.29, 0.717) is 27.0 Å². The minimum Gasteiger partial charge on any atom is -0.493 e. The number of anilines is 1. The molecule has 0 spiro atoms. The van der Waals surface area contributed by atoms with Gasteiger partial charge in [-0.3, -0.25) is 4.79 Å². The largest absolute Gasteiger partial charge is 0.493 e. The average molecular weight is 398 g/mol. The monoisotopic (exact) mass is 397 g/mol. The molecule has 6 nitrogen and oxygen atoms in total. The van der Waals surface area contributed by atoms with E-state index < -0.39 is 11.9 Å². The summed E-state index contributed by atoms with van der Waals surface area (Å²) in [5.74, 6) is -0.255. The van der Waals surface area contributed by atoms with Crippen LogP contribution >= 0.6 is 23.2 Å². The van der Waals surface area contributed by atoms with E-state index in [1.807, 2.05) is 0 Å². The number of methoxy groups -OCH3 is 1. The number of benzene rings is 2. The summed E-state index contributed by atoms with van der Waals surface area (Å²) in [4.78, 5) is 23.9. The Balaban J connectivity index is 2.04. The van der Waals surface area contributed by atoms with Crippen LogP contribution < -0.4 is 14.8 Å². The van der Waals surface area contributed by atoms with Crippen molar-refractivity contribution in [1.82, 2.24) is 0 Å². The number of carbonyl (C=O) groups is 2. The van der Waals surface area contributed by atoms with Crippen LogP contribution in [0.5, 0.6) is 11.5 Å². The summed E-state index contributed by atoms with van der Waals surface area (Å²) >= 11 is 11.7. The van der Waals surface area contributed by atoms with Crippen LogP contribution in [0.4, 0.5) is 5.69 Å². The van der Waals surface area contributed by atoms with Crippen molar-refractivity contribution in [2.45, 2.75) is 6.92 Å². The third kappa shape index (κ3) is 5.28. The summed E-state index contributed by atoms with van der Waals surface area (Å²) in [7, 11) is 1.46. The first-order valence-corrected chi connectivity index (χ1v) is 8.43. The molecule has 0 saturated carbocycles. The van der Waals surface area contributed by atoms with Gasteiger partial charge >= 0.3 is 5.97 Å². The molecule has 0 aliphatic carbocycles. The van der Waals surface area contributed by atoms with Gasteiger partial charge in [-0.1, -0.05) is 23.2 Å². The van der Waals surface area contributed by atoms with Crippen molar-refractivity contribution in [2.24, 2.45) is 0 Å². The summed E-state index contributed by atoms with van der Waals surface area (Å²) in [6.45, 7) is 1.68. The summed E-state index contributed by atoms with van der Waals surface area (Å²) in [6, 6.07) is 9.31. The normalized spacial score (nSPS) is 10.2.